The third-order valence-corrected chi connectivity index (χ3v) is 2.85. The van der Waals surface area contributed by atoms with Gasteiger partial charge in [0.05, 0.1) is 0 Å². The summed E-state index contributed by atoms with van der Waals surface area (Å²) >= 11 is 0. The van der Waals surface area contributed by atoms with Crippen molar-refractivity contribution in [2.24, 2.45) is 0 Å². The minimum Gasteiger partial charge on any atom is -0.481 e. The molecule has 0 spiro atoms. The van der Waals surface area contributed by atoms with Gasteiger partial charge < -0.3 is 19.9 Å². The predicted octanol–water partition coefficient (Wildman–Crippen LogP) is 2.48. The number of amides is 1. The zero-order valence-electron chi connectivity index (χ0n) is 14.2. The van der Waals surface area contributed by atoms with Crippen LogP contribution in [0, 0.1) is 0 Å². The Hall–Kier alpha value is -1.79. The van der Waals surface area contributed by atoms with Crippen molar-refractivity contribution in [3.05, 3.63) is 0 Å². The fourth-order valence-corrected chi connectivity index (χ4v) is 1.38. The summed E-state index contributed by atoms with van der Waals surface area (Å²) in [6.45, 7) is 10.4. The van der Waals surface area contributed by atoms with Crippen molar-refractivity contribution in [2.75, 3.05) is 0 Å². The van der Waals surface area contributed by atoms with Gasteiger partial charge in [-0.1, -0.05) is 6.92 Å². The van der Waals surface area contributed by atoms with Gasteiger partial charge in [0, 0.05) is 6.42 Å². The first kappa shape index (κ1) is 20.2. The highest BCUT2D eigenvalue weighted by molar-refractivity contribution is 5.82. The van der Waals surface area contributed by atoms with Crippen LogP contribution < -0.4 is 5.32 Å². The smallest absolute Gasteiger partial charge is 0.408 e. The van der Waals surface area contributed by atoms with Gasteiger partial charge in [-0.25, -0.2) is 9.59 Å². The molecule has 0 saturated carbocycles. The van der Waals surface area contributed by atoms with Crippen molar-refractivity contribution in [2.45, 2.75) is 78.0 Å². The monoisotopic (exact) mass is 317 g/mol. The largest absolute Gasteiger partial charge is 0.481 e. The molecule has 0 aliphatic rings. The third kappa shape index (κ3) is 9.20. The average molecular weight is 317 g/mol. The van der Waals surface area contributed by atoms with E-state index < -0.39 is 35.3 Å². The quantitative estimate of drug-likeness (QED) is 0.699. The summed E-state index contributed by atoms with van der Waals surface area (Å²) in [6.07, 6.45) is -0.513. The number of alkyl carbamates (subject to hydrolysis) is 1. The molecule has 0 aromatic carbocycles. The molecule has 0 saturated heterocycles. The SMILES string of the molecule is CCC(C)(C)OC(=O)[C@H](CCC(=O)O)NC(=O)OC(C)(C)C. The summed E-state index contributed by atoms with van der Waals surface area (Å²) in [4.78, 5) is 34.6. The van der Waals surface area contributed by atoms with Gasteiger partial charge in [0.25, 0.3) is 0 Å². The zero-order valence-corrected chi connectivity index (χ0v) is 14.2. The Morgan fingerprint density at radius 1 is 1.09 bits per heavy atom. The molecule has 0 fully saturated rings. The van der Waals surface area contributed by atoms with Crippen molar-refractivity contribution in [3.8, 4) is 0 Å². The van der Waals surface area contributed by atoms with Crippen molar-refractivity contribution in [3.63, 3.8) is 0 Å². The summed E-state index contributed by atoms with van der Waals surface area (Å²) in [7, 11) is 0. The van der Waals surface area contributed by atoms with Crippen LogP contribution in [0.1, 0.15) is 60.8 Å². The van der Waals surface area contributed by atoms with E-state index in [1.807, 2.05) is 6.92 Å². The fraction of sp³-hybridized carbons (Fsp3) is 0.800. The topological polar surface area (TPSA) is 102 Å². The van der Waals surface area contributed by atoms with Gasteiger partial charge in [-0.2, -0.15) is 0 Å². The van der Waals surface area contributed by atoms with E-state index in [2.05, 4.69) is 5.32 Å². The second-order valence-electron chi connectivity index (χ2n) is 6.67. The molecule has 0 aliphatic carbocycles. The molecule has 0 unspecified atom stereocenters. The Labute approximate surface area is 131 Å². The van der Waals surface area contributed by atoms with Crippen LogP contribution in [-0.4, -0.2) is 40.4 Å². The first-order chi connectivity index (χ1) is 9.86. The molecule has 0 bridgehead atoms. The highest BCUT2D eigenvalue weighted by atomic mass is 16.6. The maximum Gasteiger partial charge on any atom is 0.408 e. The molecule has 0 aliphatic heterocycles. The minimum absolute atomic E-state index is 0.0623. The Bertz CT molecular complexity index is 411. The summed E-state index contributed by atoms with van der Waals surface area (Å²) in [6, 6.07) is -1.06. The van der Waals surface area contributed by atoms with E-state index in [1.54, 1.807) is 34.6 Å². The molecule has 0 rings (SSSR count). The van der Waals surface area contributed by atoms with Crippen LogP contribution in [0.25, 0.3) is 0 Å². The van der Waals surface area contributed by atoms with E-state index in [4.69, 9.17) is 14.6 Å². The molecule has 0 radical (unpaired) electrons. The lowest BCUT2D eigenvalue weighted by molar-refractivity contribution is -0.159. The maximum atomic E-state index is 12.1. The number of hydrogen-bond acceptors (Lipinski definition) is 5. The van der Waals surface area contributed by atoms with Gasteiger partial charge in [-0.15, -0.1) is 0 Å². The zero-order chi connectivity index (χ0) is 17.6. The van der Waals surface area contributed by atoms with Gasteiger partial charge in [-0.05, 0) is 47.5 Å². The maximum absolute atomic E-state index is 12.1. The summed E-state index contributed by atoms with van der Waals surface area (Å²) in [5.41, 5.74) is -1.40. The second-order valence-corrected chi connectivity index (χ2v) is 6.67. The van der Waals surface area contributed by atoms with Crippen LogP contribution in [0.5, 0.6) is 0 Å². The molecule has 1 amide bonds. The predicted molar refractivity (Wildman–Crippen MR) is 80.5 cm³/mol. The summed E-state index contributed by atoms with van der Waals surface area (Å²) < 4.78 is 10.4. The van der Waals surface area contributed by atoms with Gasteiger partial charge in [0.1, 0.15) is 17.2 Å². The summed E-state index contributed by atoms with van der Waals surface area (Å²) in [5.74, 6) is -1.72. The van der Waals surface area contributed by atoms with Gasteiger partial charge >= 0.3 is 18.0 Å². The number of nitrogens with one attached hydrogen (secondary N) is 1. The van der Waals surface area contributed by atoms with Crippen LogP contribution in [0.4, 0.5) is 4.79 Å². The number of aliphatic carboxylic acids is 1. The first-order valence-electron chi connectivity index (χ1n) is 7.30. The van der Waals surface area contributed by atoms with Crippen molar-refractivity contribution < 1.29 is 29.0 Å². The third-order valence-electron chi connectivity index (χ3n) is 2.85. The van der Waals surface area contributed by atoms with Crippen molar-refractivity contribution in [1.82, 2.24) is 5.32 Å². The number of carbonyl (C=O) groups is 3. The molecule has 0 aromatic rings. The van der Waals surface area contributed by atoms with Crippen LogP contribution in [0.15, 0.2) is 0 Å². The molecule has 128 valence electrons. The number of ether oxygens (including phenoxy) is 2. The molecule has 7 heteroatoms. The van der Waals surface area contributed by atoms with E-state index in [-0.39, 0.29) is 12.8 Å². The number of carboxylic acid groups (broad SMARTS) is 1. The molecular weight excluding hydrogens is 290 g/mol. The Balaban J connectivity index is 4.85. The van der Waals surface area contributed by atoms with E-state index in [1.165, 1.54) is 0 Å². The molecule has 1 atom stereocenters. The Kier molecular flexibility index (Phi) is 7.35. The highest BCUT2D eigenvalue weighted by Crippen LogP contribution is 2.16. The normalized spacial score (nSPS) is 13.2. The number of hydrogen-bond donors (Lipinski definition) is 2. The molecule has 22 heavy (non-hydrogen) atoms. The van der Waals surface area contributed by atoms with E-state index in [0.717, 1.165) is 0 Å². The van der Waals surface area contributed by atoms with Crippen LogP contribution >= 0.6 is 0 Å². The summed E-state index contributed by atoms with van der Waals surface area (Å²) in [5, 5.41) is 11.1. The fourth-order valence-electron chi connectivity index (χ4n) is 1.38. The van der Waals surface area contributed by atoms with E-state index in [0.29, 0.717) is 6.42 Å². The molecule has 0 heterocycles. The molecule has 0 aromatic heterocycles. The Morgan fingerprint density at radius 3 is 2.05 bits per heavy atom. The van der Waals surface area contributed by atoms with Crippen LogP contribution in [-0.2, 0) is 19.1 Å². The number of carboxylic acids is 1. The van der Waals surface area contributed by atoms with Crippen molar-refractivity contribution in [1.29, 1.82) is 0 Å². The lowest BCUT2D eigenvalue weighted by Crippen LogP contribution is -2.46. The number of carbonyl (C=O) groups excluding carboxylic acids is 2. The highest BCUT2D eigenvalue weighted by Gasteiger charge is 2.30. The lowest BCUT2D eigenvalue weighted by atomic mass is 10.1. The second kappa shape index (κ2) is 8.00. The van der Waals surface area contributed by atoms with Gasteiger partial charge in [0.15, 0.2) is 0 Å². The van der Waals surface area contributed by atoms with Gasteiger partial charge in [0.2, 0.25) is 0 Å². The van der Waals surface area contributed by atoms with E-state index in [9.17, 15) is 14.4 Å². The molecule has 2 N–H and O–H groups in total. The minimum atomic E-state index is -1.06. The molecular formula is C15H27NO6. The standard InChI is InChI=1S/C15H27NO6/c1-7-15(5,6)21-12(19)10(8-9-11(17)18)16-13(20)22-14(2,3)4/h10H,7-9H2,1-6H3,(H,16,20)(H,17,18)/t10-/m0/s1. The van der Waals surface area contributed by atoms with Crippen LogP contribution in [0.2, 0.25) is 0 Å². The first-order valence-corrected chi connectivity index (χ1v) is 7.30. The number of rotatable bonds is 7. The lowest BCUT2D eigenvalue weighted by Gasteiger charge is -2.27. The molecule has 7 nitrogen and oxygen atoms in total. The van der Waals surface area contributed by atoms with E-state index >= 15 is 0 Å². The van der Waals surface area contributed by atoms with Crippen molar-refractivity contribution >= 4 is 18.0 Å². The van der Waals surface area contributed by atoms with Gasteiger partial charge in [-0.3, -0.25) is 4.79 Å². The van der Waals surface area contributed by atoms with Crippen LogP contribution in [0.3, 0.4) is 0 Å². The Morgan fingerprint density at radius 2 is 1.64 bits per heavy atom. The average Bonchev–Trinajstić information content (AvgIpc) is 2.31. The number of esters is 1.